The van der Waals surface area contributed by atoms with E-state index in [0.29, 0.717) is 18.1 Å². The van der Waals surface area contributed by atoms with Crippen molar-refractivity contribution in [2.45, 2.75) is 32.7 Å². The normalized spacial score (nSPS) is 16.1. The van der Waals surface area contributed by atoms with Gasteiger partial charge >= 0.3 is 0 Å². The van der Waals surface area contributed by atoms with Crippen LogP contribution in [0.2, 0.25) is 0 Å². The van der Waals surface area contributed by atoms with Gasteiger partial charge in [0.05, 0.1) is 13.7 Å². The maximum absolute atomic E-state index is 12.2. The van der Waals surface area contributed by atoms with Gasteiger partial charge in [-0.15, -0.1) is 0 Å². The number of aromatic nitrogens is 1. The van der Waals surface area contributed by atoms with E-state index in [9.17, 15) is 4.79 Å². The van der Waals surface area contributed by atoms with Crippen LogP contribution >= 0.6 is 0 Å². The lowest BCUT2D eigenvalue weighted by Crippen LogP contribution is -2.30. The van der Waals surface area contributed by atoms with Crippen LogP contribution < -0.4 is 14.8 Å². The molecule has 0 radical (unpaired) electrons. The molecule has 1 aliphatic rings. The van der Waals surface area contributed by atoms with E-state index in [0.717, 1.165) is 35.6 Å². The second-order valence-electron chi connectivity index (χ2n) is 6.70. The van der Waals surface area contributed by atoms with Crippen molar-refractivity contribution in [2.75, 3.05) is 13.7 Å². The number of ether oxygens (including phenoxy) is 2. The summed E-state index contributed by atoms with van der Waals surface area (Å²) >= 11 is 0. The standard InChI is InChI=1S/C20H24N2O3/c1-13(2)22-20(23)16-7-8-21-17(11-16)10-14-9-15-5-4-6-18(24-3)19(15)25-12-14/h4-8,11,13-14H,9-10,12H2,1-3H3,(H,22,23)/t14-/m1/s1. The summed E-state index contributed by atoms with van der Waals surface area (Å²) in [4.78, 5) is 16.6. The number of amides is 1. The van der Waals surface area contributed by atoms with Crippen LogP contribution in [0.1, 0.15) is 35.5 Å². The third-order valence-corrected chi connectivity index (χ3v) is 4.25. The smallest absolute Gasteiger partial charge is 0.251 e. The Morgan fingerprint density at radius 2 is 2.24 bits per heavy atom. The van der Waals surface area contributed by atoms with Crippen molar-refractivity contribution in [3.8, 4) is 11.5 Å². The molecular weight excluding hydrogens is 316 g/mol. The van der Waals surface area contributed by atoms with E-state index >= 15 is 0 Å². The highest BCUT2D eigenvalue weighted by Gasteiger charge is 2.23. The first-order valence-corrected chi connectivity index (χ1v) is 8.61. The molecule has 1 amide bonds. The molecule has 3 rings (SSSR count). The molecular formula is C20H24N2O3. The zero-order valence-electron chi connectivity index (χ0n) is 14.9. The topological polar surface area (TPSA) is 60.5 Å². The first-order chi connectivity index (χ1) is 12.1. The first-order valence-electron chi connectivity index (χ1n) is 8.61. The summed E-state index contributed by atoms with van der Waals surface area (Å²) in [6.07, 6.45) is 3.39. The molecule has 0 unspecified atom stereocenters. The number of carbonyl (C=O) groups is 1. The second kappa shape index (κ2) is 7.55. The van der Waals surface area contributed by atoms with Gasteiger partial charge in [0.25, 0.3) is 5.91 Å². The molecule has 132 valence electrons. The number of nitrogens with zero attached hydrogens (tertiary/aromatic N) is 1. The quantitative estimate of drug-likeness (QED) is 0.909. The number of fused-ring (bicyclic) bond motifs is 1. The van der Waals surface area contributed by atoms with Crippen molar-refractivity contribution in [1.29, 1.82) is 0 Å². The largest absolute Gasteiger partial charge is 0.493 e. The van der Waals surface area contributed by atoms with E-state index in [1.807, 2.05) is 32.0 Å². The molecule has 1 aromatic carbocycles. The molecule has 0 saturated carbocycles. The summed E-state index contributed by atoms with van der Waals surface area (Å²) in [5.41, 5.74) is 2.72. The third kappa shape index (κ3) is 4.10. The lowest BCUT2D eigenvalue weighted by Gasteiger charge is -2.26. The molecule has 1 atom stereocenters. The minimum absolute atomic E-state index is 0.0615. The molecule has 25 heavy (non-hydrogen) atoms. The summed E-state index contributed by atoms with van der Waals surface area (Å²) in [7, 11) is 1.66. The maximum atomic E-state index is 12.2. The highest BCUT2D eigenvalue weighted by molar-refractivity contribution is 5.94. The molecule has 0 saturated heterocycles. The number of pyridine rings is 1. The van der Waals surface area contributed by atoms with Gasteiger partial charge in [-0.2, -0.15) is 0 Å². The van der Waals surface area contributed by atoms with Gasteiger partial charge in [0.2, 0.25) is 0 Å². The van der Waals surface area contributed by atoms with Crippen LogP contribution in [0, 0.1) is 5.92 Å². The average Bonchev–Trinajstić information content (AvgIpc) is 2.60. The minimum atomic E-state index is -0.0615. The van der Waals surface area contributed by atoms with Crippen LogP contribution in [0.5, 0.6) is 11.5 Å². The third-order valence-electron chi connectivity index (χ3n) is 4.25. The van der Waals surface area contributed by atoms with Crippen LogP contribution in [-0.2, 0) is 12.8 Å². The van der Waals surface area contributed by atoms with Gasteiger partial charge in [-0.25, -0.2) is 0 Å². The average molecular weight is 340 g/mol. The Kier molecular flexibility index (Phi) is 5.22. The zero-order valence-corrected chi connectivity index (χ0v) is 14.9. The minimum Gasteiger partial charge on any atom is -0.493 e. The van der Waals surface area contributed by atoms with Crippen LogP contribution in [-0.4, -0.2) is 30.6 Å². The molecule has 0 spiro atoms. The zero-order chi connectivity index (χ0) is 17.8. The maximum Gasteiger partial charge on any atom is 0.251 e. The second-order valence-corrected chi connectivity index (χ2v) is 6.70. The van der Waals surface area contributed by atoms with E-state index in [2.05, 4.69) is 16.4 Å². The fourth-order valence-electron chi connectivity index (χ4n) is 3.12. The van der Waals surface area contributed by atoms with Gasteiger partial charge in [0.15, 0.2) is 11.5 Å². The highest BCUT2D eigenvalue weighted by Crippen LogP contribution is 2.36. The summed E-state index contributed by atoms with van der Waals surface area (Å²) < 4.78 is 11.3. The van der Waals surface area contributed by atoms with Crippen molar-refractivity contribution in [3.63, 3.8) is 0 Å². The number of nitrogens with one attached hydrogen (secondary N) is 1. The summed E-state index contributed by atoms with van der Waals surface area (Å²) in [6.45, 7) is 4.52. The molecule has 1 N–H and O–H groups in total. The van der Waals surface area contributed by atoms with Gasteiger partial charge in [-0.3, -0.25) is 9.78 Å². The predicted molar refractivity (Wildman–Crippen MR) is 96.2 cm³/mol. The number of hydrogen-bond donors (Lipinski definition) is 1. The SMILES string of the molecule is COc1cccc2c1OC[C@@H](Cc1cc(C(=O)NC(C)C)ccn1)C2. The van der Waals surface area contributed by atoms with Crippen molar-refractivity contribution in [3.05, 3.63) is 53.3 Å². The molecule has 2 aromatic rings. The van der Waals surface area contributed by atoms with Gasteiger partial charge in [-0.1, -0.05) is 12.1 Å². The van der Waals surface area contributed by atoms with E-state index in [4.69, 9.17) is 9.47 Å². The van der Waals surface area contributed by atoms with Crippen molar-refractivity contribution < 1.29 is 14.3 Å². The summed E-state index contributed by atoms with van der Waals surface area (Å²) in [5.74, 6) is 1.89. The summed E-state index contributed by atoms with van der Waals surface area (Å²) in [6, 6.07) is 9.71. The summed E-state index contributed by atoms with van der Waals surface area (Å²) in [5, 5.41) is 2.91. The first kappa shape index (κ1) is 17.3. The van der Waals surface area contributed by atoms with Gasteiger partial charge < -0.3 is 14.8 Å². The highest BCUT2D eigenvalue weighted by atomic mass is 16.5. The number of rotatable bonds is 5. The monoisotopic (exact) mass is 340 g/mol. The molecule has 0 fully saturated rings. The predicted octanol–water partition coefficient (Wildman–Crippen LogP) is 3.02. The van der Waals surface area contributed by atoms with E-state index in [-0.39, 0.29) is 11.9 Å². The Hall–Kier alpha value is -2.56. The molecule has 1 aromatic heterocycles. The lowest BCUT2D eigenvalue weighted by molar-refractivity contribution is 0.0943. The lowest BCUT2D eigenvalue weighted by atomic mass is 9.92. The van der Waals surface area contributed by atoms with Crippen LogP contribution in [0.4, 0.5) is 0 Å². The molecule has 0 aliphatic carbocycles. The van der Waals surface area contributed by atoms with Crippen LogP contribution in [0.3, 0.4) is 0 Å². The molecule has 0 bridgehead atoms. The van der Waals surface area contributed by atoms with Crippen LogP contribution in [0.15, 0.2) is 36.5 Å². The number of methoxy groups -OCH3 is 1. The Labute approximate surface area is 148 Å². The molecule has 5 nitrogen and oxygen atoms in total. The van der Waals surface area contributed by atoms with Gasteiger partial charge in [0.1, 0.15) is 0 Å². The van der Waals surface area contributed by atoms with Crippen LogP contribution in [0.25, 0.3) is 0 Å². The fourth-order valence-corrected chi connectivity index (χ4v) is 3.12. The Bertz CT molecular complexity index is 758. The Morgan fingerprint density at radius 1 is 1.40 bits per heavy atom. The number of benzene rings is 1. The number of hydrogen-bond acceptors (Lipinski definition) is 4. The van der Waals surface area contributed by atoms with E-state index < -0.39 is 0 Å². The Balaban J connectivity index is 1.70. The fraction of sp³-hybridized carbons (Fsp3) is 0.400. The Morgan fingerprint density at radius 3 is 3.00 bits per heavy atom. The van der Waals surface area contributed by atoms with E-state index in [1.165, 1.54) is 0 Å². The molecule has 1 aliphatic heterocycles. The van der Waals surface area contributed by atoms with Crippen molar-refractivity contribution >= 4 is 5.91 Å². The van der Waals surface area contributed by atoms with Crippen molar-refractivity contribution in [1.82, 2.24) is 10.3 Å². The van der Waals surface area contributed by atoms with E-state index in [1.54, 1.807) is 19.4 Å². The number of carbonyl (C=O) groups excluding carboxylic acids is 1. The number of para-hydroxylation sites is 1. The molecule has 2 heterocycles. The molecule has 5 heteroatoms. The van der Waals surface area contributed by atoms with Gasteiger partial charge in [-0.05, 0) is 50.5 Å². The van der Waals surface area contributed by atoms with Gasteiger partial charge in [0, 0.05) is 29.4 Å². The van der Waals surface area contributed by atoms with Crippen molar-refractivity contribution in [2.24, 2.45) is 5.92 Å².